The predicted octanol–water partition coefficient (Wildman–Crippen LogP) is 13.9. The van der Waals surface area contributed by atoms with Crippen molar-refractivity contribution in [1.29, 1.82) is 0 Å². The van der Waals surface area contributed by atoms with Crippen LogP contribution < -0.4 is 4.90 Å². The molecule has 0 atom stereocenters. The second-order valence-electron chi connectivity index (χ2n) is 11.5. The van der Waals surface area contributed by atoms with Gasteiger partial charge in [-0.2, -0.15) is 0 Å². The molecule has 2 heterocycles. The van der Waals surface area contributed by atoms with Crippen LogP contribution in [0.5, 0.6) is 0 Å². The fourth-order valence-corrected chi connectivity index (χ4v) is 9.12. The molecule has 218 valence electrons. The number of fused-ring (bicyclic) bond motifs is 6. The van der Waals surface area contributed by atoms with Gasteiger partial charge in [-0.1, -0.05) is 109 Å². The van der Waals surface area contributed by atoms with Gasteiger partial charge >= 0.3 is 0 Å². The van der Waals surface area contributed by atoms with E-state index in [4.69, 9.17) is 11.6 Å². The molecule has 0 fully saturated rings. The molecule has 0 aliphatic heterocycles. The normalized spacial score (nSPS) is 11.6. The Labute approximate surface area is 280 Å². The minimum absolute atomic E-state index is 0.769. The molecule has 0 aliphatic carbocycles. The third-order valence-electron chi connectivity index (χ3n) is 8.75. The number of hydrogen-bond donors (Lipinski definition) is 0. The highest BCUT2D eigenvalue weighted by atomic mass is 35.5. The molecule has 0 unspecified atom stereocenters. The Hall–Kier alpha value is -4.93. The SMILES string of the molecule is Clc1ccc2c(c1)sc1ccc(N(c3ccc(-c4ccccc4)cc3)c3ccc(-c4cccc5c4sc4ccccc45)cc3)cc12. The molecule has 4 heteroatoms. The molecule has 9 rings (SSSR count). The molecule has 0 N–H and O–H groups in total. The van der Waals surface area contributed by atoms with Crippen molar-refractivity contribution in [3.05, 3.63) is 163 Å². The Bertz CT molecular complexity index is 2530. The van der Waals surface area contributed by atoms with Crippen molar-refractivity contribution < 1.29 is 0 Å². The van der Waals surface area contributed by atoms with E-state index in [1.54, 1.807) is 11.3 Å². The maximum Gasteiger partial charge on any atom is 0.0468 e. The van der Waals surface area contributed by atoms with Crippen molar-refractivity contribution in [2.75, 3.05) is 4.90 Å². The molecule has 46 heavy (non-hydrogen) atoms. The summed E-state index contributed by atoms with van der Waals surface area (Å²) < 4.78 is 5.12. The zero-order valence-corrected chi connectivity index (χ0v) is 27.0. The molecule has 0 aliphatic rings. The van der Waals surface area contributed by atoms with Gasteiger partial charge in [-0.3, -0.25) is 0 Å². The zero-order valence-electron chi connectivity index (χ0n) is 24.7. The van der Waals surface area contributed by atoms with Crippen LogP contribution in [0, 0.1) is 0 Å². The van der Waals surface area contributed by atoms with Gasteiger partial charge in [-0.05, 0) is 82.9 Å². The van der Waals surface area contributed by atoms with E-state index in [1.165, 1.54) is 62.6 Å². The van der Waals surface area contributed by atoms with Crippen LogP contribution in [0.4, 0.5) is 17.1 Å². The lowest BCUT2D eigenvalue weighted by atomic mass is 10.0. The van der Waals surface area contributed by atoms with Gasteiger partial charge in [0, 0.05) is 62.4 Å². The van der Waals surface area contributed by atoms with E-state index in [1.807, 2.05) is 17.4 Å². The summed E-state index contributed by atoms with van der Waals surface area (Å²) >= 11 is 10.0. The number of anilines is 3. The van der Waals surface area contributed by atoms with Crippen LogP contribution in [-0.2, 0) is 0 Å². The summed E-state index contributed by atoms with van der Waals surface area (Å²) in [5.74, 6) is 0. The molecule has 0 saturated carbocycles. The average Bonchev–Trinajstić information content (AvgIpc) is 3.67. The van der Waals surface area contributed by atoms with Crippen molar-refractivity contribution in [2.24, 2.45) is 0 Å². The Balaban J connectivity index is 1.17. The van der Waals surface area contributed by atoms with Crippen LogP contribution >= 0.6 is 34.3 Å². The Morgan fingerprint density at radius 1 is 0.391 bits per heavy atom. The smallest absolute Gasteiger partial charge is 0.0468 e. The van der Waals surface area contributed by atoms with Crippen molar-refractivity contribution in [2.45, 2.75) is 0 Å². The summed E-state index contributed by atoms with van der Waals surface area (Å²) in [6.07, 6.45) is 0. The molecular weight excluding hydrogens is 618 g/mol. The summed E-state index contributed by atoms with van der Waals surface area (Å²) in [6, 6.07) is 56.8. The van der Waals surface area contributed by atoms with Crippen LogP contribution in [-0.4, -0.2) is 0 Å². The van der Waals surface area contributed by atoms with E-state index in [9.17, 15) is 0 Å². The van der Waals surface area contributed by atoms with Crippen LogP contribution in [0.3, 0.4) is 0 Å². The van der Waals surface area contributed by atoms with Gasteiger partial charge in [-0.15, -0.1) is 22.7 Å². The number of thiophene rings is 2. The lowest BCUT2D eigenvalue weighted by Gasteiger charge is -2.26. The molecule has 0 amide bonds. The van der Waals surface area contributed by atoms with Crippen molar-refractivity contribution in [3.8, 4) is 22.3 Å². The molecule has 9 aromatic rings. The maximum absolute atomic E-state index is 6.35. The Morgan fingerprint density at radius 2 is 1.02 bits per heavy atom. The Morgan fingerprint density at radius 3 is 1.83 bits per heavy atom. The van der Waals surface area contributed by atoms with Crippen LogP contribution in [0.1, 0.15) is 0 Å². The number of hydrogen-bond acceptors (Lipinski definition) is 3. The molecule has 1 nitrogen and oxygen atoms in total. The first-order valence-corrected chi connectivity index (χ1v) is 17.3. The van der Waals surface area contributed by atoms with Gasteiger partial charge < -0.3 is 4.90 Å². The first kappa shape index (κ1) is 27.4. The standard InChI is InChI=1S/C42H26ClNS2/c43-30-17-23-36-38-26-33(22-24-40(38)45-41(36)25-30)44(31-18-13-28(14-19-31)27-7-2-1-3-8-27)32-20-15-29(16-21-32)34-10-6-11-37-35-9-4-5-12-39(35)46-42(34)37/h1-26H. The second kappa shape index (κ2) is 11.1. The van der Waals surface area contributed by atoms with Crippen molar-refractivity contribution in [1.82, 2.24) is 0 Å². The van der Waals surface area contributed by atoms with E-state index in [-0.39, 0.29) is 0 Å². The van der Waals surface area contributed by atoms with E-state index in [0.29, 0.717) is 0 Å². The van der Waals surface area contributed by atoms with Gasteiger partial charge in [-0.25, -0.2) is 0 Å². The van der Waals surface area contributed by atoms with Crippen LogP contribution in [0.2, 0.25) is 5.02 Å². The van der Waals surface area contributed by atoms with Gasteiger partial charge in [0.05, 0.1) is 0 Å². The second-order valence-corrected chi connectivity index (χ2v) is 14.1. The summed E-state index contributed by atoms with van der Waals surface area (Å²) in [4.78, 5) is 2.36. The monoisotopic (exact) mass is 643 g/mol. The quantitative estimate of drug-likeness (QED) is 0.180. The lowest BCUT2D eigenvalue weighted by molar-refractivity contribution is 1.29. The van der Waals surface area contributed by atoms with E-state index < -0.39 is 0 Å². The van der Waals surface area contributed by atoms with E-state index in [2.05, 4.69) is 157 Å². The molecule has 0 radical (unpaired) electrons. The van der Waals surface area contributed by atoms with Crippen molar-refractivity contribution >= 4 is 91.7 Å². The van der Waals surface area contributed by atoms with Gasteiger partial charge in [0.2, 0.25) is 0 Å². The minimum Gasteiger partial charge on any atom is -0.310 e. The van der Waals surface area contributed by atoms with Crippen LogP contribution in [0.25, 0.3) is 62.6 Å². The minimum atomic E-state index is 0.769. The first-order valence-electron chi connectivity index (χ1n) is 15.3. The molecule has 0 spiro atoms. The summed E-state index contributed by atoms with van der Waals surface area (Å²) in [6.45, 7) is 0. The fraction of sp³-hybridized carbons (Fsp3) is 0. The summed E-state index contributed by atoms with van der Waals surface area (Å²) in [5, 5.41) is 5.89. The number of rotatable bonds is 5. The first-order chi connectivity index (χ1) is 22.7. The Kier molecular flexibility index (Phi) is 6.64. The third-order valence-corrected chi connectivity index (χ3v) is 11.3. The number of benzene rings is 7. The molecule has 2 aromatic heterocycles. The molecular formula is C42H26ClNS2. The fourth-order valence-electron chi connectivity index (χ4n) is 6.52. The average molecular weight is 644 g/mol. The van der Waals surface area contributed by atoms with E-state index in [0.717, 1.165) is 22.1 Å². The van der Waals surface area contributed by atoms with Gasteiger partial charge in [0.25, 0.3) is 0 Å². The highest BCUT2D eigenvalue weighted by molar-refractivity contribution is 7.26. The largest absolute Gasteiger partial charge is 0.310 e. The number of halogens is 1. The third kappa shape index (κ3) is 4.67. The number of nitrogens with zero attached hydrogens (tertiary/aromatic N) is 1. The summed E-state index contributed by atoms with van der Waals surface area (Å²) in [7, 11) is 0. The van der Waals surface area contributed by atoms with Crippen molar-refractivity contribution in [3.63, 3.8) is 0 Å². The molecule has 0 saturated heterocycles. The zero-order chi connectivity index (χ0) is 30.6. The van der Waals surface area contributed by atoms with Gasteiger partial charge in [0.15, 0.2) is 0 Å². The molecule has 0 bridgehead atoms. The summed E-state index contributed by atoms with van der Waals surface area (Å²) in [5.41, 5.74) is 8.25. The predicted molar refractivity (Wildman–Crippen MR) is 203 cm³/mol. The topological polar surface area (TPSA) is 3.24 Å². The highest BCUT2D eigenvalue weighted by Gasteiger charge is 2.17. The highest BCUT2D eigenvalue weighted by Crippen LogP contribution is 2.43. The maximum atomic E-state index is 6.35. The van der Waals surface area contributed by atoms with Gasteiger partial charge in [0.1, 0.15) is 0 Å². The lowest BCUT2D eigenvalue weighted by Crippen LogP contribution is -2.09. The van der Waals surface area contributed by atoms with E-state index >= 15 is 0 Å². The van der Waals surface area contributed by atoms with Crippen LogP contribution in [0.15, 0.2) is 158 Å². The molecule has 7 aromatic carbocycles.